The highest BCUT2D eigenvalue weighted by Gasteiger charge is 2.17. The molecule has 0 aromatic carbocycles. The zero-order chi connectivity index (χ0) is 9.68. The fourth-order valence-electron chi connectivity index (χ4n) is 2.12. The van der Waals surface area contributed by atoms with E-state index in [-0.39, 0.29) is 6.10 Å². The van der Waals surface area contributed by atoms with E-state index in [4.69, 9.17) is 11.6 Å². The first kappa shape index (κ1) is 11.3. The summed E-state index contributed by atoms with van der Waals surface area (Å²) in [5.41, 5.74) is 0. The lowest BCUT2D eigenvalue weighted by Crippen LogP contribution is -2.33. The van der Waals surface area contributed by atoms with E-state index >= 15 is 0 Å². The van der Waals surface area contributed by atoms with Crippen LogP contribution in [0.5, 0.6) is 0 Å². The van der Waals surface area contributed by atoms with Crippen LogP contribution in [0, 0.1) is 5.92 Å². The molecule has 0 saturated heterocycles. The number of rotatable bonds is 5. The largest absolute Gasteiger partial charge is 0.391 e. The monoisotopic (exact) mass is 205 g/mol. The van der Waals surface area contributed by atoms with Crippen molar-refractivity contribution in [2.24, 2.45) is 5.92 Å². The van der Waals surface area contributed by atoms with Crippen molar-refractivity contribution in [2.75, 3.05) is 26.0 Å². The molecular formula is C10H20ClNO. The minimum absolute atomic E-state index is 0.342. The van der Waals surface area contributed by atoms with Crippen molar-refractivity contribution in [1.29, 1.82) is 0 Å². The standard InChI is InChI=1S/C10H20ClNO/c1-12(8-10(13)6-11)7-9-4-2-3-5-9/h9-10,13H,2-8H2,1H3. The lowest BCUT2D eigenvalue weighted by molar-refractivity contribution is 0.135. The Bertz CT molecular complexity index is 137. The van der Waals surface area contributed by atoms with Gasteiger partial charge in [0.05, 0.1) is 6.10 Å². The summed E-state index contributed by atoms with van der Waals surface area (Å²) in [6, 6.07) is 0. The Morgan fingerprint density at radius 2 is 2.08 bits per heavy atom. The topological polar surface area (TPSA) is 23.5 Å². The summed E-state index contributed by atoms with van der Waals surface area (Å²) < 4.78 is 0. The Hall–Kier alpha value is 0.210. The Kier molecular flexibility index (Phi) is 5.07. The van der Waals surface area contributed by atoms with E-state index < -0.39 is 0 Å². The van der Waals surface area contributed by atoms with E-state index in [2.05, 4.69) is 11.9 Å². The van der Waals surface area contributed by atoms with Crippen LogP contribution < -0.4 is 0 Å². The number of likely N-dealkylation sites (N-methyl/N-ethyl adjacent to an activating group) is 1. The van der Waals surface area contributed by atoms with Gasteiger partial charge in [-0.1, -0.05) is 12.8 Å². The molecule has 1 unspecified atom stereocenters. The molecule has 1 rings (SSSR count). The van der Waals surface area contributed by atoms with Gasteiger partial charge >= 0.3 is 0 Å². The van der Waals surface area contributed by atoms with Crippen LogP contribution in [0.3, 0.4) is 0 Å². The Morgan fingerprint density at radius 3 is 2.62 bits per heavy atom. The number of aliphatic hydroxyl groups is 1. The van der Waals surface area contributed by atoms with Gasteiger partial charge in [0.2, 0.25) is 0 Å². The molecule has 2 nitrogen and oxygen atoms in total. The average Bonchev–Trinajstić information content (AvgIpc) is 2.56. The molecule has 0 aliphatic heterocycles. The summed E-state index contributed by atoms with van der Waals surface area (Å²) in [4.78, 5) is 2.20. The first-order valence-corrected chi connectivity index (χ1v) is 5.68. The number of halogens is 1. The molecule has 1 aliphatic rings. The van der Waals surface area contributed by atoms with Crippen LogP contribution in [-0.2, 0) is 0 Å². The summed E-state index contributed by atoms with van der Waals surface area (Å²) in [6.07, 6.45) is 5.13. The summed E-state index contributed by atoms with van der Waals surface area (Å²) in [5, 5.41) is 9.33. The van der Waals surface area contributed by atoms with Gasteiger partial charge in [-0.15, -0.1) is 11.6 Å². The summed E-state index contributed by atoms with van der Waals surface area (Å²) in [5.74, 6) is 1.20. The molecule has 1 saturated carbocycles. The maximum absolute atomic E-state index is 9.33. The van der Waals surface area contributed by atoms with Crippen molar-refractivity contribution in [2.45, 2.75) is 31.8 Å². The molecule has 0 heterocycles. The van der Waals surface area contributed by atoms with Gasteiger partial charge < -0.3 is 10.0 Å². The second-order valence-electron chi connectivity index (χ2n) is 4.18. The maximum atomic E-state index is 9.33. The van der Waals surface area contributed by atoms with Crippen LogP contribution in [0.2, 0.25) is 0 Å². The molecule has 1 N–H and O–H groups in total. The van der Waals surface area contributed by atoms with Gasteiger partial charge in [0, 0.05) is 19.0 Å². The van der Waals surface area contributed by atoms with Gasteiger partial charge in [0.15, 0.2) is 0 Å². The SMILES string of the molecule is CN(CC(O)CCl)CC1CCCC1. The van der Waals surface area contributed by atoms with E-state index in [1.807, 2.05) is 0 Å². The summed E-state index contributed by atoms with van der Waals surface area (Å²) in [7, 11) is 2.06. The van der Waals surface area contributed by atoms with Crippen LogP contribution in [0.4, 0.5) is 0 Å². The molecule has 0 aromatic rings. The highest BCUT2D eigenvalue weighted by Crippen LogP contribution is 2.25. The summed E-state index contributed by atoms with van der Waals surface area (Å²) in [6.45, 7) is 1.83. The predicted molar refractivity (Wildman–Crippen MR) is 56.2 cm³/mol. The van der Waals surface area contributed by atoms with Gasteiger partial charge in [-0.05, 0) is 25.8 Å². The van der Waals surface area contributed by atoms with Crippen molar-refractivity contribution < 1.29 is 5.11 Å². The average molecular weight is 206 g/mol. The minimum atomic E-state index is -0.368. The van der Waals surface area contributed by atoms with E-state index in [9.17, 15) is 5.11 Å². The molecule has 0 spiro atoms. The Balaban J connectivity index is 2.12. The van der Waals surface area contributed by atoms with Gasteiger partial charge in [-0.3, -0.25) is 0 Å². The third kappa shape index (κ3) is 4.30. The maximum Gasteiger partial charge on any atom is 0.0802 e. The normalized spacial score (nSPS) is 21.2. The van der Waals surface area contributed by atoms with E-state index in [1.165, 1.54) is 25.7 Å². The molecule has 3 heteroatoms. The molecule has 1 fully saturated rings. The lowest BCUT2D eigenvalue weighted by Gasteiger charge is -2.22. The first-order valence-electron chi connectivity index (χ1n) is 5.15. The van der Waals surface area contributed by atoms with Crippen LogP contribution in [-0.4, -0.2) is 42.1 Å². The van der Waals surface area contributed by atoms with Gasteiger partial charge in [-0.25, -0.2) is 0 Å². The molecule has 78 valence electrons. The summed E-state index contributed by atoms with van der Waals surface area (Å²) >= 11 is 5.54. The molecule has 1 aliphatic carbocycles. The van der Waals surface area contributed by atoms with Gasteiger partial charge in [0.25, 0.3) is 0 Å². The van der Waals surface area contributed by atoms with Crippen molar-refractivity contribution in [1.82, 2.24) is 4.90 Å². The first-order chi connectivity index (χ1) is 6.22. The molecule has 0 bridgehead atoms. The van der Waals surface area contributed by atoms with Crippen LogP contribution >= 0.6 is 11.6 Å². The smallest absolute Gasteiger partial charge is 0.0802 e. The second-order valence-corrected chi connectivity index (χ2v) is 4.49. The fourth-order valence-corrected chi connectivity index (χ4v) is 2.21. The minimum Gasteiger partial charge on any atom is -0.391 e. The van der Waals surface area contributed by atoms with Crippen LogP contribution in [0.15, 0.2) is 0 Å². The zero-order valence-electron chi connectivity index (χ0n) is 8.38. The van der Waals surface area contributed by atoms with E-state index in [1.54, 1.807) is 0 Å². The third-order valence-electron chi connectivity index (χ3n) is 2.75. The number of hydrogen-bond donors (Lipinski definition) is 1. The molecule has 0 radical (unpaired) electrons. The van der Waals surface area contributed by atoms with Crippen molar-refractivity contribution in [3.05, 3.63) is 0 Å². The van der Waals surface area contributed by atoms with Crippen LogP contribution in [0.25, 0.3) is 0 Å². The Morgan fingerprint density at radius 1 is 1.46 bits per heavy atom. The molecule has 0 amide bonds. The quantitative estimate of drug-likeness (QED) is 0.691. The predicted octanol–water partition coefficient (Wildman–Crippen LogP) is 1.71. The van der Waals surface area contributed by atoms with E-state index in [0.29, 0.717) is 12.4 Å². The zero-order valence-corrected chi connectivity index (χ0v) is 9.13. The number of alkyl halides is 1. The highest BCUT2D eigenvalue weighted by atomic mass is 35.5. The van der Waals surface area contributed by atoms with Crippen molar-refractivity contribution in [3.8, 4) is 0 Å². The second kappa shape index (κ2) is 5.84. The number of aliphatic hydroxyl groups excluding tert-OH is 1. The van der Waals surface area contributed by atoms with Crippen molar-refractivity contribution >= 4 is 11.6 Å². The number of nitrogens with zero attached hydrogens (tertiary/aromatic N) is 1. The molecule has 0 aromatic heterocycles. The third-order valence-corrected chi connectivity index (χ3v) is 3.10. The highest BCUT2D eigenvalue weighted by molar-refractivity contribution is 6.18. The lowest BCUT2D eigenvalue weighted by atomic mass is 10.1. The molecule has 1 atom stereocenters. The molecule has 13 heavy (non-hydrogen) atoms. The van der Waals surface area contributed by atoms with Crippen LogP contribution in [0.1, 0.15) is 25.7 Å². The fraction of sp³-hybridized carbons (Fsp3) is 1.00. The van der Waals surface area contributed by atoms with Crippen molar-refractivity contribution in [3.63, 3.8) is 0 Å². The van der Waals surface area contributed by atoms with Gasteiger partial charge in [-0.2, -0.15) is 0 Å². The van der Waals surface area contributed by atoms with E-state index in [0.717, 1.165) is 12.5 Å². The molecular weight excluding hydrogens is 186 g/mol. The van der Waals surface area contributed by atoms with Gasteiger partial charge in [0.1, 0.15) is 0 Å². The Labute approximate surface area is 85.9 Å². The number of hydrogen-bond acceptors (Lipinski definition) is 2.